The maximum Gasteiger partial charge on any atom is 0.250 e. The van der Waals surface area contributed by atoms with Gasteiger partial charge in [-0.05, 0) is 49.6 Å². The van der Waals surface area contributed by atoms with Crippen LogP contribution in [0.3, 0.4) is 0 Å². The molecule has 0 atom stereocenters. The van der Waals surface area contributed by atoms with Crippen molar-refractivity contribution in [2.75, 3.05) is 18.0 Å². The SMILES string of the molecule is Cc1cc(-c2ccc(S(=O)(=O)NC3CCN(c4cnccn4)CC3)s2)ccn1. The third-order valence-corrected chi connectivity index (χ3v) is 7.86. The summed E-state index contributed by atoms with van der Waals surface area (Å²) in [5, 5.41) is 0. The highest BCUT2D eigenvalue weighted by molar-refractivity contribution is 7.91. The van der Waals surface area contributed by atoms with Crippen LogP contribution in [-0.2, 0) is 10.0 Å². The first-order chi connectivity index (χ1) is 13.5. The lowest BCUT2D eigenvalue weighted by Crippen LogP contribution is -2.44. The van der Waals surface area contributed by atoms with Gasteiger partial charge in [-0.1, -0.05) is 0 Å². The molecule has 3 aromatic heterocycles. The molecule has 0 bridgehead atoms. The number of piperidine rings is 1. The highest BCUT2D eigenvalue weighted by Gasteiger charge is 2.26. The highest BCUT2D eigenvalue weighted by atomic mass is 32.2. The van der Waals surface area contributed by atoms with Crippen LogP contribution in [0, 0.1) is 6.92 Å². The molecule has 0 radical (unpaired) electrons. The molecule has 0 saturated carbocycles. The Labute approximate surface area is 168 Å². The van der Waals surface area contributed by atoms with E-state index in [1.54, 1.807) is 30.9 Å². The largest absolute Gasteiger partial charge is 0.355 e. The molecule has 1 saturated heterocycles. The third kappa shape index (κ3) is 4.21. The molecule has 9 heteroatoms. The minimum absolute atomic E-state index is 0.0772. The molecule has 1 N–H and O–H groups in total. The van der Waals surface area contributed by atoms with E-state index in [2.05, 4.69) is 24.6 Å². The summed E-state index contributed by atoms with van der Waals surface area (Å²) in [5.74, 6) is 0.833. The van der Waals surface area contributed by atoms with Crippen molar-refractivity contribution < 1.29 is 8.42 Å². The van der Waals surface area contributed by atoms with Crippen LogP contribution in [-0.4, -0.2) is 42.5 Å². The molecule has 3 aromatic rings. The number of sulfonamides is 1. The van der Waals surface area contributed by atoms with Gasteiger partial charge in [0.1, 0.15) is 10.0 Å². The number of thiophene rings is 1. The standard InChI is InChI=1S/C19H21N5O2S2/c1-14-12-15(4-7-21-14)17-2-3-19(27-17)28(25,26)23-16-5-10-24(11-6-16)18-13-20-8-9-22-18/h2-4,7-9,12-13,16,23H,5-6,10-11H2,1H3. The number of nitrogens with one attached hydrogen (secondary N) is 1. The van der Waals surface area contributed by atoms with Gasteiger partial charge in [0.25, 0.3) is 0 Å². The monoisotopic (exact) mass is 415 g/mol. The number of anilines is 1. The molecule has 146 valence electrons. The first-order valence-electron chi connectivity index (χ1n) is 9.07. The molecule has 0 aliphatic carbocycles. The smallest absolute Gasteiger partial charge is 0.250 e. The summed E-state index contributed by atoms with van der Waals surface area (Å²) in [6.45, 7) is 3.42. The molecular formula is C19H21N5O2S2. The van der Waals surface area contributed by atoms with E-state index in [1.807, 2.05) is 25.1 Å². The van der Waals surface area contributed by atoms with Gasteiger partial charge in [0.15, 0.2) is 0 Å². The van der Waals surface area contributed by atoms with E-state index in [0.29, 0.717) is 4.21 Å². The number of hydrogen-bond donors (Lipinski definition) is 1. The fraction of sp³-hybridized carbons (Fsp3) is 0.316. The van der Waals surface area contributed by atoms with Crippen LogP contribution in [0.1, 0.15) is 18.5 Å². The predicted molar refractivity (Wildman–Crippen MR) is 110 cm³/mol. The van der Waals surface area contributed by atoms with Gasteiger partial charge >= 0.3 is 0 Å². The minimum atomic E-state index is -3.53. The van der Waals surface area contributed by atoms with Crippen LogP contribution in [0.5, 0.6) is 0 Å². The Morgan fingerprint density at radius 1 is 1.11 bits per heavy atom. The first-order valence-corrected chi connectivity index (χ1v) is 11.4. The van der Waals surface area contributed by atoms with Gasteiger partial charge in [0.2, 0.25) is 10.0 Å². The van der Waals surface area contributed by atoms with Crippen molar-refractivity contribution in [1.29, 1.82) is 0 Å². The molecule has 0 amide bonds. The summed E-state index contributed by atoms with van der Waals surface area (Å²) in [6, 6.07) is 7.30. The molecule has 1 aliphatic rings. The van der Waals surface area contributed by atoms with Crippen molar-refractivity contribution in [3.05, 3.63) is 54.7 Å². The van der Waals surface area contributed by atoms with Crippen LogP contribution < -0.4 is 9.62 Å². The van der Waals surface area contributed by atoms with E-state index in [4.69, 9.17) is 0 Å². The lowest BCUT2D eigenvalue weighted by Gasteiger charge is -2.32. The summed E-state index contributed by atoms with van der Waals surface area (Å²) in [7, 11) is -3.53. The summed E-state index contributed by atoms with van der Waals surface area (Å²) in [6.07, 6.45) is 8.26. The summed E-state index contributed by atoms with van der Waals surface area (Å²) >= 11 is 1.28. The van der Waals surface area contributed by atoms with E-state index in [1.165, 1.54) is 11.3 Å². The Morgan fingerprint density at radius 2 is 1.93 bits per heavy atom. The zero-order chi connectivity index (χ0) is 19.6. The van der Waals surface area contributed by atoms with Crippen molar-refractivity contribution >= 4 is 27.2 Å². The van der Waals surface area contributed by atoms with E-state index < -0.39 is 10.0 Å². The number of aryl methyl sites for hydroxylation is 1. The summed E-state index contributed by atoms with van der Waals surface area (Å²) < 4.78 is 28.8. The second-order valence-corrected chi connectivity index (χ2v) is 9.78. The fourth-order valence-electron chi connectivity index (χ4n) is 3.28. The van der Waals surface area contributed by atoms with Gasteiger partial charge in [0, 0.05) is 48.3 Å². The molecule has 0 aromatic carbocycles. The van der Waals surface area contributed by atoms with E-state index in [0.717, 1.165) is 47.9 Å². The predicted octanol–water partition coefficient (Wildman–Crippen LogP) is 2.86. The Morgan fingerprint density at radius 3 is 2.64 bits per heavy atom. The van der Waals surface area contributed by atoms with Crippen molar-refractivity contribution in [3.63, 3.8) is 0 Å². The van der Waals surface area contributed by atoms with E-state index in [-0.39, 0.29) is 6.04 Å². The third-order valence-electron chi connectivity index (χ3n) is 4.72. The van der Waals surface area contributed by atoms with Crippen LogP contribution in [0.2, 0.25) is 0 Å². The Hall–Kier alpha value is -2.36. The second-order valence-electron chi connectivity index (χ2n) is 6.75. The quantitative estimate of drug-likeness (QED) is 0.689. The molecule has 0 unspecified atom stereocenters. The average Bonchev–Trinajstić information content (AvgIpc) is 3.20. The summed E-state index contributed by atoms with van der Waals surface area (Å²) in [5.41, 5.74) is 1.89. The van der Waals surface area contributed by atoms with Crippen molar-refractivity contribution in [1.82, 2.24) is 19.7 Å². The van der Waals surface area contributed by atoms with Gasteiger partial charge in [-0.15, -0.1) is 11.3 Å². The zero-order valence-electron chi connectivity index (χ0n) is 15.4. The Bertz CT molecular complexity index is 1040. The van der Waals surface area contributed by atoms with Crippen molar-refractivity contribution in [3.8, 4) is 10.4 Å². The topological polar surface area (TPSA) is 88.1 Å². The van der Waals surface area contributed by atoms with Crippen LogP contribution in [0.4, 0.5) is 5.82 Å². The van der Waals surface area contributed by atoms with Gasteiger partial charge in [-0.25, -0.2) is 18.1 Å². The zero-order valence-corrected chi connectivity index (χ0v) is 17.1. The van der Waals surface area contributed by atoms with Gasteiger partial charge < -0.3 is 4.90 Å². The number of nitrogens with zero attached hydrogens (tertiary/aromatic N) is 4. The lowest BCUT2D eigenvalue weighted by molar-refractivity contribution is 0.458. The van der Waals surface area contributed by atoms with E-state index >= 15 is 0 Å². The summed E-state index contributed by atoms with van der Waals surface area (Å²) in [4.78, 5) is 15.6. The van der Waals surface area contributed by atoms with Gasteiger partial charge in [0.05, 0.1) is 6.20 Å². The highest BCUT2D eigenvalue weighted by Crippen LogP contribution is 2.31. The molecular weight excluding hydrogens is 394 g/mol. The van der Waals surface area contributed by atoms with Gasteiger partial charge in [-0.3, -0.25) is 9.97 Å². The Balaban J connectivity index is 1.41. The van der Waals surface area contributed by atoms with Crippen molar-refractivity contribution in [2.45, 2.75) is 30.0 Å². The lowest BCUT2D eigenvalue weighted by atomic mass is 10.1. The fourth-order valence-corrected chi connectivity index (χ4v) is 5.90. The number of pyridine rings is 1. The molecule has 1 aliphatic heterocycles. The number of aromatic nitrogens is 3. The molecule has 4 rings (SSSR count). The minimum Gasteiger partial charge on any atom is -0.355 e. The first kappa shape index (κ1) is 19.0. The van der Waals surface area contributed by atoms with Crippen LogP contribution in [0.25, 0.3) is 10.4 Å². The molecule has 1 fully saturated rings. The second kappa shape index (κ2) is 7.94. The van der Waals surface area contributed by atoms with E-state index in [9.17, 15) is 8.42 Å². The molecule has 7 nitrogen and oxygen atoms in total. The maximum absolute atomic E-state index is 12.8. The van der Waals surface area contributed by atoms with Crippen molar-refractivity contribution in [2.24, 2.45) is 0 Å². The number of hydrogen-bond acceptors (Lipinski definition) is 7. The van der Waals surface area contributed by atoms with Crippen LogP contribution >= 0.6 is 11.3 Å². The maximum atomic E-state index is 12.8. The molecule has 4 heterocycles. The Kier molecular flexibility index (Phi) is 5.38. The average molecular weight is 416 g/mol. The normalized spacial score (nSPS) is 15.7. The van der Waals surface area contributed by atoms with Crippen LogP contribution in [0.15, 0.2) is 53.3 Å². The molecule has 28 heavy (non-hydrogen) atoms. The molecule has 0 spiro atoms. The number of rotatable bonds is 5. The van der Waals surface area contributed by atoms with Gasteiger partial charge in [-0.2, -0.15) is 0 Å².